The number of nitriles is 1. The first-order valence-corrected chi connectivity index (χ1v) is 6.59. The molecular weight excluding hydrogens is 253 g/mol. The Morgan fingerprint density at radius 1 is 1.05 bits per heavy atom. The molecule has 0 unspecified atom stereocenters. The van der Waals surface area contributed by atoms with Gasteiger partial charge in [-0.15, -0.1) is 0 Å². The van der Waals surface area contributed by atoms with Gasteiger partial charge in [0.05, 0.1) is 18.2 Å². The van der Waals surface area contributed by atoms with Crippen LogP contribution < -0.4 is 0 Å². The van der Waals surface area contributed by atoms with Crippen molar-refractivity contribution < 1.29 is 9.13 Å². The normalized spacial score (nSPS) is 10.2. The number of hydrogen-bond donors (Lipinski definition) is 0. The SMILES string of the molecule is N#Cc1cc(F)cc(COCCCc2ccccc2)c1. The molecule has 0 atom stereocenters. The Kier molecular flexibility index (Phi) is 5.28. The highest BCUT2D eigenvalue weighted by atomic mass is 19.1. The molecular formula is C17H16FNO. The molecule has 0 saturated carbocycles. The maximum atomic E-state index is 13.2. The highest BCUT2D eigenvalue weighted by molar-refractivity contribution is 5.33. The van der Waals surface area contributed by atoms with E-state index >= 15 is 0 Å². The summed E-state index contributed by atoms with van der Waals surface area (Å²) < 4.78 is 18.7. The van der Waals surface area contributed by atoms with Gasteiger partial charge in [-0.1, -0.05) is 30.3 Å². The summed E-state index contributed by atoms with van der Waals surface area (Å²) in [5.74, 6) is -0.396. The first-order valence-electron chi connectivity index (χ1n) is 6.59. The van der Waals surface area contributed by atoms with Gasteiger partial charge in [0, 0.05) is 6.61 Å². The summed E-state index contributed by atoms with van der Waals surface area (Å²) in [7, 11) is 0. The van der Waals surface area contributed by atoms with Crippen LogP contribution in [0.5, 0.6) is 0 Å². The molecule has 0 saturated heterocycles. The minimum absolute atomic E-state index is 0.327. The molecule has 102 valence electrons. The predicted molar refractivity (Wildman–Crippen MR) is 75.5 cm³/mol. The molecule has 2 aromatic rings. The number of hydrogen-bond acceptors (Lipinski definition) is 2. The minimum atomic E-state index is -0.396. The van der Waals surface area contributed by atoms with Crippen molar-refractivity contribution >= 4 is 0 Å². The number of nitrogens with zero attached hydrogens (tertiary/aromatic N) is 1. The van der Waals surface area contributed by atoms with Crippen molar-refractivity contribution in [3.05, 3.63) is 71.0 Å². The van der Waals surface area contributed by atoms with Gasteiger partial charge >= 0.3 is 0 Å². The molecule has 0 radical (unpaired) electrons. The van der Waals surface area contributed by atoms with Crippen molar-refractivity contribution in [3.8, 4) is 6.07 Å². The van der Waals surface area contributed by atoms with Crippen molar-refractivity contribution in [2.45, 2.75) is 19.4 Å². The Balaban J connectivity index is 1.74. The Bertz CT molecular complexity index is 590. The van der Waals surface area contributed by atoms with Gasteiger partial charge in [-0.05, 0) is 42.2 Å². The van der Waals surface area contributed by atoms with E-state index in [0.717, 1.165) is 12.8 Å². The van der Waals surface area contributed by atoms with E-state index in [2.05, 4.69) is 12.1 Å². The average Bonchev–Trinajstić information content (AvgIpc) is 2.47. The van der Waals surface area contributed by atoms with Crippen molar-refractivity contribution in [1.29, 1.82) is 5.26 Å². The van der Waals surface area contributed by atoms with Crippen LogP contribution in [0.1, 0.15) is 23.1 Å². The lowest BCUT2D eigenvalue weighted by Crippen LogP contribution is -1.98. The summed E-state index contributed by atoms with van der Waals surface area (Å²) in [6.45, 7) is 0.953. The standard InChI is InChI=1S/C17H16FNO/c18-17-10-15(12-19)9-16(11-17)13-20-8-4-7-14-5-2-1-3-6-14/h1-3,5-6,9-11H,4,7-8,13H2. The second kappa shape index (κ2) is 7.42. The van der Waals surface area contributed by atoms with Crippen LogP contribution in [0.25, 0.3) is 0 Å². The van der Waals surface area contributed by atoms with Crippen LogP contribution in [0.15, 0.2) is 48.5 Å². The lowest BCUT2D eigenvalue weighted by atomic mass is 10.1. The van der Waals surface area contributed by atoms with Gasteiger partial charge in [-0.25, -0.2) is 4.39 Å². The van der Waals surface area contributed by atoms with Crippen molar-refractivity contribution in [2.24, 2.45) is 0 Å². The fraction of sp³-hybridized carbons (Fsp3) is 0.235. The minimum Gasteiger partial charge on any atom is -0.377 e. The number of aryl methyl sites for hydroxylation is 1. The van der Waals surface area contributed by atoms with E-state index in [1.54, 1.807) is 6.07 Å². The van der Waals surface area contributed by atoms with Gasteiger partial charge < -0.3 is 4.74 Å². The summed E-state index contributed by atoms with van der Waals surface area (Å²) in [6, 6.07) is 16.4. The average molecular weight is 269 g/mol. The Morgan fingerprint density at radius 2 is 1.85 bits per heavy atom. The quantitative estimate of drug-likeness (QED) is 0.746. The molecule has 0 aliphatic heterocycles. The molecule has 2 rings (SSSR count). The lowest BCUT2D eigenvalue weighted by molar-refractivity contribution is 0.118. The van der Waals surface area contributed by atoms with Gasteiger partial charge in [0.15, 0.2) is 0 Å². The van der Waals surface area contributed by atoms with Crippen LogP contribution in [0, 0.1) is 17.1 Å². The zero-order valence-corrected chi connectivity index (χ0v) is 11.2. The molecule has 2 aromatic carbocycles. The van der Waals surface area contributed by atoms with Crippen LogP contribution in [0.2, 0.25) is 0 Å². The molecule has 0 fully saturated rings. The van der Waals surface area contributed by atoms with Crippen LogP contribution in [0.4, 0.5) is 4.39 Å². The van der Waals surface area contributed by atoms with Gasteiger partial charge in [-0.2, -0.15) is 5.26 Å². The number of ether oxygens (including phenoxy) is 1. The second-order valence-corrected chi connectivity index (χ2v) is 4.60. The third kappa shape index (κ3) is 4.49. The van der Waals surface area contributed by atoms with E-state index in [-0.39, 0.29) is 0 Å². The zero-order chi connectivity index (χ0) is 14.2. The van der Waals surface area contributed by atoms with Gasteiger partial charge in [-0.3, -0.25) is 0 Å². The summed E-state index contributed by atoms with van der Waals surface area (Å²) in [6.07, 6.45) is 1.89. The maximum absolute atomic E-state index is 13.2. The zero-order valence-electron chi connectivity index (χ0n) is 11.2. The van der Waals surface area contributed by atoms with Gasteiger partial charge in [0.2, 0.25) is 0 Å². The number of rotatable bonds is 6. The number of halogens is 1. The third-order valence-corrected chi connectivity index (χ3v) is 2.95. The van der Waals surface area contributed by atoms with E-state index in [0.29, 0.717) is 24.3 Å². The Morgan fingerprint density at radius 3 is 2.60 bits per heavy atom. The topological polar surface area (TPSA) is 33.0 Å². The largest absolute Gasteiger partial charge is 0.377 e. The van der Waals surface area contributed by atoms with Crippen molar-refractivity contribution in [2.75, 3.05) is 6.61 Å². The second-order valence-electron chi connectivity index (χ2n) is 4.60. The fourth-order valence-corrected chi connectivity index (χ4v) is 2.01. The molecule has 0 amide bonds. The molecule has 3 heteroatoms. The first-order chi connectivity index (χ1) is 9.78. The van der Waals surface area contributed by atoms with E-state index in [1.165, 1.54) is 17.7 Å². The van der Waals surface area contributed by atoms with Crippen molar-refractivity contribution in [1.82, 2.24) is 0 Å². The van der Waals surface area contributed by atoms with Crippen LogP contribution >= 0.6 is 0 Å². The molecule has 20 heavy (non-hydrogen) atoms. The first kappa shape index (κ1) is 14.2. The van der Waals surface area contributed by atoms with E-state index in [9.17, 15) is 4.39 Å². The molecule has 2 nitrogen and oxygen atoms in total. The highest BCUT2D eigenvalue weighted by Gasteiger charge is 2.01. The molecule has 0 spiro atoms. The van der Waals surface area contributed by atoms with Gasteiger partial charge in [0.25, 0.3) is 0 Å². The smallest absolute Gasteiger partial charge is 0.124 e. The molecule has 0 aliphatic carbocycles. The predicted octanol–water partition coefficient (Wildman–Crippen LogP) is 3.85. The molecule has 0 heterocycles. The fourth-order valence-electron chi connectivity index (χ4n) is 2.01. The Hall–Kier alpha value is -2.18. The highest BCUT2D eigenvalue weighted by Crippen LogP contribution is 2.10. The van der Waals surface area contributed by atoms with Crippen LogP contribution in [-0.2, 0) is 17.8 Å². The van der Waals surface area contributed by atoms with E-state index < -0.39 is 5.82 Å². The molecule has 0 N–H and O–H groups in total. The molecule has 0 aromatic heterocycles. The Labute approximate surface area is 118 Å². The summed E-state index contributed by atoms with van der Waals surface area (Å²) in [4.78, 5) is 0. The summed E-state index contributed by atoms with van der Waals surface area (Å²) >= 11 is 0. The summed E-state index contributed by atoms with van der Waals surface area (Å²) in [5, 5.41) is 8.76. The lowest BCUT2D eigenvalue weighted by Gasteiger charge is -2.05. The maximum Gasteiger partial charge on any atom is 0.124 e. The third-order valence-electron chi connectivity index (χ3n) is 2.95. The molecule has 0 aliphatic rings. The van der Waals surface area contributed by atoms with Crippen LogP contribution in [-0.4, -0.2) is 6.61 Å². The molecule has 0 bridgehead atoms. The monoisotopic (exact) mass is 269 g/mol. The van der Waals surface area contributed by atoms with Gasteiger partial charge in [0.1, 0.15) is 5.82 Å². The van der Waals surface area contributed by atoms with E-state index in [1.807, 2.05) is 24.3 Å². The summed E-state index contributed by atoms with van der Waals surface area (Å²) in [5.41, 5.74) is 2.31. The van der Waals surface area contributed by atoms with Crippen molar-refractivity contribution in [3.63, 3.8) is 0 Å². The van der Waals surface area contributed by atoms with E-state index in [4.69, 9.17) is 10.00 Å². The number of benzene rings is 2. The van der Waals surface area contributed by atoms with Crippen LogP contribution in [0.3, 0.4) is 0 Å².